The number of quaternary nitrogens is 2. The Balaban J connectivity index is 1.05. The average molecular weight is 537 g/mol. The van der Waals surface area contributed by atoms with Gasteiger partial charge >= 0.3 is 0 Å². The fraction of sp³-hybridized carbons (Fsp3) is 0.312. The number of rotatable bonds is 4. The molecule has 2 fully saturated rings. The third-order valence-electron chi connectivity index (χ3n) is 9.15. The zero-order valence-corrected chi connectivity index (χ0v) is 22.3. The molecule has 7 rings (SSSR count). The molecule has 2 saturated heterocycles. The fourth-order valence-corrected chi connectivity index (χ4v) is 6.99. The van der Waals surface area contributed by atoms with Crippen molar-refractivity contribution < 1.29 is 29.0 Å². The van der Waals surface area contributed by atoms with Gasteiger partial charge in [-0.25, -0.2) is 9.80 Å². The van der Waals surface area contributed by atoms with Crippen molar-refractivity contribution in [3.63, 3.8) is 0 Å². The van der Waals surface area contributed by atoms with Gasteiger partial charge in [0.2, 0.25) is 11.8 Å². The second-order valence-electron chi connectivity index (χ2n) is 11.4. The molecular weight excluding hydrogens is 504 g/mol. The lowest BCUT2D eigenvalue weighted by Crippen LogP contribution is -3.16. The van der Waals surface area contributed by atoms with Gasteiger partial charge < -0.3 is 9.80 Å². The molecule has 0 radical (unpaired) electrons. The van der Waals surface area contributed by atoms with Crippen molar-refractivity contribution in [1.82, 2.24) is 0 Å². The molecule has 8 nitrogen and oxygen atoms in total. The van der Waals surface area contributed by atoms with Crippen LogP contribution in [0.25, 0.3) is 0 Å². The van der Waals surface area contributed by atoms with Crippen LogP contribution in [0.4, 0.5) is 11.4 Å². The highest BCUT2D eigenvalue weighted by atomic mass is 16.2. The van der Waals surface area contributed by atoms with Crippen LogP contribution >= 0.6 is 0 Å². The number of fused-ring (bicyclic) bond motifs is 2. The van der Waals surface area contributed by atoms with Gasteiger partial charge in [0.05, 0.1) is 37.3 Å². The molecule has 0 saturated carbocycles. The Kier molecular flexibility index (Phi) is 6.09. The number of carbonyl (C=O) groups excluding carboxylic acids is 4. The molecule has 40 heavy (non-hydrogen) atoms. The van der Waals surface area contributed by atoms with E-state index in [4.69, 9.17) is 0 Å². The summed E-state index contributed by atoms with van der Waals surface area (Å²) < 4.78 is 0. The van der Waals surface area contributed by atoms with E-state index in [1.807, 2.05) is 24.3 Å². The van der Waals surface area contributed by atoms with Crippen LogP contribution in [-0.4, -0.2) is 48.8 Å². The zero-order valence-electron chi connectivity index (χ0n) is 22.3. The van der Waals surface area contributed by atoms with Crippen molar-refractivity contribution in [1.29, 1.82) is 0 Å². The summed E-state index contributed by atoms with van der Waals surface area (Å²) >= 11 is 0. The van der Waals surface area contributed by atoms with Crippen LogP contribution in [0.3, 0.4) is 0 Å². The number of nitrogens with one attached hydrogen (secondary N) is 2. The van der Waals surface area contributed by atoms with E-state index >= 15 is 0 Å². The van der Waals surface area contributed by atoms with Gasteiger partial charge in [-0.05, 0) is 35.4 Å². The molecule has 0 aliphatic carbocycles. The maximum Gasteiger partial charge on any atom is 0.292 e. The molecule has 4 aliphatic heterocycles. The van der Waals surface area contributed by atoms with Crippen LogP contribution in [0.2, 0.25) is 0 Å². The topological polar surface area (TPSA) is 83.6 Å². The molecule has 2 unspecified atom stereocenters. The maximum absolute atomic E-state index is 13.4. The summed E-state index contributed by atoms with van der Waals surface area (Å²) in [5.41, 5.74) is 6.06. The average Bonchev–Trinajstić information content (AvgIpc) is 3.45. The minimum atomic E-state index is -0.402. The lowest BCUT2D eigenvalue weighted by atomic mass is 9.98. The molecule has 0 bridgehead atoms. The number of nitrogens with zero attached hydrogens (tertiary/aromatic N) is 2. The minimum Gasteiger partial charge on any atom is -0.320 e. The van der Waals surface area contributed by atoms with Gasteiger partial charge in [-0.15, -0.1) is 0 Å². The molecule has 202 valence electrons. The second kappa shape index (κ2) is 9.80. The Morgan fingerprint density at radius 3 is 1.30 bits per heavy atom. The van der Waals surface area contributed by atoms with Gasteiger partial charge in [0, 0.05) is 24.0 Å². The number of imide groups is 2. The normalized spacial score (nSPS) is 26.3. The highest BCUT2D eigenvalue weighted by Crippen LogP contribution is 2.28. The van der Waals surface area contributed by atoms with Gasteiger partial charge in [-0.1, -0.05) is 48.5 Å². The quantitative estimate of drug-likeness (QED) is 0.468. The zero-order chi connectivity index (χ0) is 27.4. The summed E-state index contributed by atoms with van der Waals surface area (Å²) in [4.78, 5) is 57.7. The Morgan fingerprint density at radius 2 is 0.900 bits per heavy atom. The number of benzene rings is 3. The highest BCUT2D eigenvalue weighted by molar-refractivity contribution is 6.23. The molecule has 3 aromatic carbocycles. The molecule has 2 N–H and O–H groups in total. The Bertz CT molecular complexity index is 1420. The van der Waals surface area contributed by atoms with E-state index in [1.165, 1.54) is 32.1 Å². The highest BCUT2D eigenvalue weighted by Gasteiger charge is 2.48. The van der Waals surface area contributed by atoms with E-state index in [2.05, 4.69) is 24.3 Å². The number of carbonyl (C=O) groups is 4. The predicted octanol–water partition coefficient (Wildman–Crippen LogP) is 0.233. The summed E-state index contributed by atoms with van der Waals surface area (Å²) in [7, 11) is 0. The maximum atomic E-state index is 13.4. The molecule has 4 heterocycles. The SMILES string of the molecule is O=C1C[C@@H]([NH+]2CCc3ccccc3C2)C(=O)N1c1ccc(N2C(=O)C[C@H]([NH+]3CCc4ccccc4C3)C2=O)cc1. The fourth-order valence-electron chi connectivity index (χ4n) is 6.99. The van der Waals surface area contributed by atoms with Gasteiger partial charge in [0.15, 0.2) is 12.1 Å². The van der Waals surface area contributed by atoms with Gasteiger partial charge in [-0.3, -0.25) is 19.2 Å². The van der Waals surface area contributed by atoms with Crippen LogP contribution in [0.5, 0.6) is 0 Å². The first-order valence-electron chi connectivity index (χ1n) is 14.1. The Morgan fingerprint density at radius 1 is 0.525 bits per heavy atom. The first-order chi connectivity index (χ1) is 19.5. The predicted molar refractivity (Wildman–Crippen MR) is 148 cm³/mol. The molecule has 0 aromatic heterocycles. The van der Waals surface area contributed by atoms with Crippen LogP contribution in [0.15, 0.2) is 72.8 Å². The van der Waals surface area contributed by atoms with Crippen LogP contribution < -0.4 is 19.6 Å². The van der Waals surface area contributed by atoms with E-state index in [-0.39, 0.29) is 36.5 Å². The summed E-state index contributed by atoms with van der Waals surface area (Å²) in [6.07, 6.45) is 2.15. The first-order valence-corrected chi connectivity index (χ1v) is 14.1. The van der Waals surface area contributed by atoms with E-state index in [0.29, 0.717) is 11.4 Å². The third kappa shape index (κ3) is 4.15. The van der Waals surface area contributed by atoms with Gasteiger partial charge in [-0.2, -0.15) is 0 Å². The van der Waals surface area contributed by atoms with E-state index in [0.717, 1.165) is 48.8 Å². The summed E-state index contributed by atoms with van der Waals surface area (Å²) in [5.74, 6) is -0.794. The van der Waals surface area contributed by atoms with Crippen molar-refractivity contribution in [3.05, 3.63) is 95.1 Å². The lowest BCUT2D eigenvalue weighted by molar-refractivity contribution is -0.930. The summed E-state index contributed by atoms with van der Waals surface area (Å²) in [5, 5.41) is 0. The van der Waals surface area contributed by atoms with Crippen molar-refractivity contribution in [2.75, 3.05) is 22.9 Å². The Labute approximate surface area is 232 Å². The lowest BCUT2D eigenvalue weighted by Gasteiger charge is -2.29. The summed E-state index contributed by atoms with van der Waals surface area (Å²) in [6.45, 7) is 3.10. The van der Waals surface area contributed by atoms with Crippen LogP contribution in [0.1, 0.15) is 35.1 Å². The van der Waals surface area contributed by atoms with Gasteiger partial charge in [0.25, 0.3) is 11.8 Å². The monoisotopic (exact) mass is 536 g/mol. The van der Waals surface area contributed by atoms with Crippen LogP contribution in [0, 0.1) is 0 Å². The minimum absolute atomic E-state index is 0.185. The van der Waals surface area contributed by atoms with Crippen LogP contribution in [-0.2, 0) is 45.1 Å². The summed E-state index contributed by atoms with van der Waals surface area (Å²) in [6, 6.07) is 22.5. The molecule has 8 heteroatoms. The standard InChI is InChI=1S/C32H30N4O4/c37-29-17-27(33-15-13-21-5-1-3-7-23(21)19-33)31(39)35(29)25-9-11-26(12-10-25)36-30(38)18-28(32(36)40)34-16-14-22-6-2-4-8-24(22)20-34/h1-12,27-28H,13-20H2/p+2/t27-,28+. The molecule has 4 aliphatic rings. The van der Waals surface area contributed by atoms with Crippen molar-refractivity contribution in [3.8, 4) is 0 Å². The number of hydrogen-bond donors (Lipinski definition) is 2. The second-order valence-corrected chi connectivity index (χ2v) is 11.4. The largest absolute Gasteiger partial charge is 0.320 e. The molecule has 4 atom stereocenters. The van der Waals surface area contributed by atoms with E-state index < -0.39 is 12.1 Å². The third-order valence-corrected chi connectivity index (χ3v) is 9.15. The first kappa shape index (κ1) is 24.9. The number of amides is 4. The molecule has 0 spiro atoms. The smallest absolute Gasteiger partial charge is 0.292 e. The Hall–Kier alpha value is -4.14. The van der Waals surface area contributed by atoms with Crippen molar-refractivity contribution in [2.45, 2.75) is 50.9 Å². The number of hydrogen-bond acceptors (Lipinski definition) is 4. The molecule has 3 aromatic rings. The van der Waals surface area contributed by atoms with E-state index in [1.54, 1.807) is 24.3 Å². The number of anilines is 2. The van der Waals surface area contributed by atoms with Crippen molar-refractivity contribution in [2.24, 2.45) is 0 Å². The van der Waals surface area contributed by atoms with Crippen molar-refractivity contribution >= 4 is 35.0 Å². The molecule has 4 amide bonds. The molecular formula is C32H32N4O4+2. The van der Waals surface area contributed by atoms with E-state index in [9.17, 15) is 19.2 Å². The van der Waals surface area contributed by atoms with Gasteiger partial charge in [0.1, 0.15) is 13.1 Å².